The number of anilines is 1. The van der Waals surface area contributed by atoms with Gasteiger partial charge in [0.2, 0.25) is 0 Å². The summed E-state index contributed by atoms with van der Waals surface area (Å²) in [5.74, 6) is -5.59. The summed E-state index contributed by atoms with van der Waals surface area (Å²) in [5, 5.41) is 39.5. The average molecular weight is 629 g/mol. The van der Waals surface area contributed by atoms with Crippen LogP contribution in [0, 0.1) is 23.3 Å². The number of benzene rings is 2. The van der Waals surface area contributed by atoms with Crippen LogP contribution < -0.4 is 4.90 Å². The van der Waals surface area contributed by atoms with E-state index >= 15 is 0 Å². The molecule has 15 heteroatoms. The summed E-state index contributed by atoms with van der Waals surface area (Å²) in [5.41, 5.74) is 0.0918. The lowest BCUT2D eigenvalue weighted by Gasteiger charge is -2.46. The lowest BCUT2D eigenvalue weighted by molar-refractivity contribution is -0.211. The number of hydrogen-bond acceptors (Lipinski definition) is 8. The van der Waals surface area contributed by atoms with Gasteiger partial charge in [-0.3, -0.25) is 4.79 Å². The van der Waals surface area contributed by atoms with Crippen LogP contribution in [0.25, 0.3) is 11.3 Å². The highest BCUT2D eigenvalue weighted by molar-refractivity contribution is 6.31. The van der Waals surface area contributed by atoms with Crippen molar-refractivity contribution >= 4 is 23.2 Å². The molecule has 1 amide bonds. The molecule has 10 nitrogen and oxygen atoms in total. The van der Waals surface area contributed by atoms with E-state index in [9.17, 15) is 37.7 Å². The van der Waals surface area contributed by atoms with E-state index in [1.54, 1.807) is 0 Å². The highest BCUT2D eigenvalue weighted by atomic mass is 35.5. The molecule has 1 saturated heterocycles. The molecule has 2 heterocycles. The van der Waals surface area contributed by atoms with Gasteiger partial charge in [-0.2, -0.15) is 0 Å². The summed E-state index contributed by atoms with van der Waals surface area (Å²) in [7, 11) is 1.25. The second-order valence-corrected chi connectivity index (χ2v) is 10.9. The Labute approximate surface area is 248 Å². The van der Waals surface area contributed by atoms with E-state index in [1.165, 1.54) is 19.4 Å². The van der Waals surface area contributed by atoms with E-state index in [-0.39, 0.29) is 16.9 Å². The first-order valence-corrected chi connectivity index (χ1v) is 13.9. The van der Waals surface area contributed by atoms with Crippen LogP contribution >= 0.6 is 11.6 Å². The minimum atomic E-state index is -1.54. The number of ether oxygens (including phenoxy) is 2. The van der Waals surface area contributed by atoms with Crippen molar-refractivity contribution in [3.63, 3.8) is 0 Å². The average Bonchev–Trinajstić information content (AvgIpc) is 3.48. The molecule has 1 aliphatic heterocycles. The molecule has 1 aliphatic carbocycles. The Morgan fingerprint density at radius 1 is 1.12 bits per heavy atom. The van der Waals surface area contributed by atoms with Crippen molar-refractivity contribution in [1.29, 1.82) is 0 Å². The van der Waals surface area contributed by atoms with E-state index < -0.39 is 83.4 Å². The van der Waals surface area contributed by atoms with E-state index in [0.717, 1.165) is 33.8 Å². The molecule has 232 valence electrons. The number of aliphatic hydroxyl groups excluding tert-OH is 3. The van der Waals surface area contributed by atoms with Gasteiger partial charge in [-0.25, -0.2) is 22.2 Å². The third-order valence-electron chi connectivity index (χ3n) is 7.92. The van der Waals surface area contributed by atoms with Gasteiger partial charge < -0.3 is 29.7 Å². The van der Waals surface area contributed by atoms with Crippen molar-refractivity contribution in [2.45, 2.75) is 68.3 Å². The van der Waals surface area contributed by atoms with Gasteiger partial charge in [0.1, 0.15) is 30.0 Å². The van der Waals surface area contributed by atoms with Crippen molar-refractivity contribution in [1.82, 2.24) is 15.0 Å². The zero-order valence-electron chi connectivity index (χ0n) is 22.8. The maximum Gasteiger partial charge on any atom is 0.259 e. The molecule has 2 aromatic carbocycles. The molecule has 0 bridgehead atoms. The summed E-state index contributed by atoms with van der Waals surface area (Å²) in [4.78, 5) is 15.4. The lowest BCUT2D eigenvalue weighted by Crippen LogP contribution is -2.63. The molecule has 2 aliphatic rings. The molecule has 43 heavy (non-hydrogen) atoms. The maximum absolute atomic E-state index is 14.3. The summed E-state index contributed by atoms with van der Waals surface area (Å²) in [6, 6.07) is 2.87. The summed E-state index contributed by atoms with van der Waals surface area (Å²) in [6.07, 6.45) is -3.26. The van der Waals surface area contributed by atoms with Crippen LogP contribution in [0.4, 0.5) is 23.2 Å². The van der Waals surface area contributed by atoms with Crippen LogP contribution in [-0.4, -0.2) is 86.5 Å². The molecule has 1 saturated carbocycles. The SMILES string of the molecule is CO[C@@H]1[C@@H](n2cc(-c3cc(F)c(F)c(Cl)c3)nn2)[C@@H](O)[C@@H](CO)O[C@H]1C(=O)N(c1ccc(F)c(F)c1)[C@H]1CCCC[C@@H]1O. The topological polar surface area (TPSA) is 130 Å². The Hall–Kier alpha value is -3.14. The molecule has 0 unspecified atom stereocenters. The standard InChI is InChI=1S/C28H29ClF4N4O6/c1-42-26-24(36-11-19(34-35-36)13-8-15(29)23(33)18(32)9-13)25(40)22(12-38)43-27(26)28(41)37(20-4-2-3-5-21(20)39)14-6-7-16(30)17(31)10-14/h6-11,20-22,24-27,38-40H,2-5,12H2,1H3/t20-,21-,22+,24-,25-,26+,27+/m0/s1. The molecule has 0 spiro atoms. The second kappa shape index (κ2) is 12.8. The predicted octanol–water partition coefficient (Wildman–Crippen LogP) is 3.17. The summed E-state index contributed by atoms with van der Waals surface area (Å²) >= 11 is 5.78. The van der Waals surface area contributed by atoms with Crippen molar-refractivity contribution in [2.75, 3.05) is 18.6 Å². The largest absolute Gasteiger partial charge is 0.394 e. The van der Waals surface area contributed by atoms with E-state index in [2.05, 4.69) is 10.3 Å². The van der Waals surface area contributed by atoms with Gasteiger partial charge >= 0.3 is 0 Å². The van der Waals surface area contributed by atoms with Crippen LogP contribution in [0.3, 0.4) is 0 Å². The smallest absolute Gasteiger partial charge is 0.259 e. The Morgan fingerprint density at radius 3 is 2.51 bits per heavy atom. The van der Waals surface area contributed by atoms with Gasteiger partial charge in [0, 0.05) is 24.4 Å². The van der Waals surface area contributed by atoms with Crippen LogP contribution in [0.1, 0.15) is 31.7 Å². The molecule has 7 atom stereocenters. The number of aromatic nitrogens is 3. The van der Waals surface area contributed by atoms with Crippen molar-refractivity contribution in [2.24, 2.45) is 0 Å². The number of carbonyl (C=O) groups excluding carboxylic acids is 1. The minimum absolute atomic E-state index is 0.0326. The number of hydrogen-bond donors (Lipinski definition) is 3. The molecule has 5 rings (SSSR count). The van der Waals surface area contributed by atoms with E-state index in [4.69, 9.17) is 21.1 Å². The predicted molar refractivity (Wildman–Crippen MR) is 144 cm³/mol. The monoisotopic (exact) mass is 628 g/mol. The Balaban J connectivity index is 1.54. The van der Waals surface area contributed by atoms with Crippen molar-refractivity contribution in [3.8, 4) is 11.3 Å². The fourth-order valence-corrected chi connectivity index (χ4v) is 5.97. The van der Waals surface area contributed by atoms with E-state index in [0.29, 0.717) is 25.7 Å². The van der Waals surface area contributed by atoms with Gasteiger partial charge in [-0.15, -0.1) is 5.10 Å². The molecular formula is C28H29ClF4N4O6. The zero-order chi connectivity index (χ0) is 31.0. The zero-order valence-corrected chi connectivity index (χ0v) is 23.5. The minimum Gasteiger partial charge on any atom is -0.394 e. The van der Waals surface area contributed by atoms with Gasteiger partial charge in [-0.1, -0.05) is 29.7 Å². The van der Waals surface area contributed by atoms with Gasteiger partial charge in [0.15, 0.2) is 29.4 Å². The van der Waals surface area contributed by atoms with Crippen LogP contribution in [-0.2, 0) is 14.3 Å². The third kappa shape index (κ3) is 5.99. The summed E-state index contributed by atoms with van der Waals surface area (Å²) in [6.45, 7) is -0.727. The summed E-state index contributed by atoms with van der Waals surface area (Å²) < 4.78 is 68.6. The quantitative estimate of drug-likeness (QED) is 0.269. The molecular weight excluding hydrogens is 600 g/mol. The van der Waals surface area contributed by atoms with Gasteiger partial charge in [0.25, 0.3) is 5.91 Å². The lowest BCUT2D eigenvalue weighted by atomic mass is 9.88. The van der Waals surface area contributed by atoms with Crippen molar-refractivity contribution < 1.29 is 47.1 Å². The van der Waals surface area contributed by atoms with E-state index in [1.807, 2.05) is 0 Å². The fourth-order valence-electron chi connectivity index (χ4n) is 5.76. The molecule has 0 radical (unpaired) electrons. The molecule has 3 aromatic rings. The fraction of sp³-hybridized carbons (Fsp3) is 0.464. The van der Waals surface area contributed by atoms with Crippen LogP contribution in [0.5, 0.6) is 0 Å². The number of methoxy groups -OCH3 is 1. The van der Waals surface area contributed by atoms with Gasteiger partial charge in [-0.05, 0) is 37.1 Å². The number of nitrogens with zero attached hydrogens (tertiary/aromatic N) is 4. The van der Waals surface area contributed by atoms with Gasteiger partial charge in [0.05, 0.1) is 30.0 Å². The Kier molecular flexibility index (Phi) is 9.34. The Morgan fingerprint density at radius 2 is 1.86 bits per heavy atom. The maximum atomic E-state index is 14.3. The van der Waals surface area contributed by atoms with Crippen LogP contribution in [0.15, 0.2) is 36.5 Å². The first kappa shape index (κ1) is 31.3. The number of amides is 1. The third-order valence-corrected chi connectivity index (χ3v) is 8.20. The number of aliphatic hydroxyl groups is 3. The highest BCUT2D eigenvalue weighted by Gasteiger charge is 2.52. The number of rotatable bonds is 7. The highest BCUT2D eigenvalue weighted by Crippen LogP contribution is 2.37. The number of carbonyl (C=O) groups is 1. The molecule has 1 aromatic heterocycles. The number of halogens is 5. The first-order chi connectivity index (χ1) is 20.5. The Bertz CT molecular complexity index is 1460. The molecule has 2 fully saturated rings. The first-order valence-electron chi connectivity index (χ1n) is 13.6. The second-order valence-electron chi connectivity index (χ2n) is 10.5. The normalized spacial score (nSPS) is 27.7. The van der Waals surface area contributed by atoms with Crippen molar-refractivity contribution in [3.05, 3.63) is 64.8 Å². The van der Waals surface area contributed by atoms with Crippen LogP contribution in [0.2, 0.25) is 5.02 Å². The molecule has 3 N–H and O–H groups in total.